The van der Waals surface area contributed by atoms with Gasteiger partial charge in [0.15, 0.2) is 0 Å². The average Bonchev–Trinajstić information content (AvgIpc) is 3.18. The number of benzene rings is 4. The van der Waals surface area contributed by atoms with E-state index in [4.69, 9.17) is 4.98 Å². The first-order chi connectivity index (χ1) is 15.7. The summed E-state index contributed by atoms with van der Waals surface area (Å²) < 4.78 is 2.22. The molecule has 32 heavy (non-hydrogen) atoms. The van der Waals surface area contributed by atoms with Crippen molar-refractivity contribution in [2.45, 2.75) is 25.9 Å². The number of hydrogen-bond donors (Lipinski definition) is 1. The van der Waals surface area contributed by atoms with E-state index < -0.39 is 0 Å². The summed E-state index contributed by atoms with van der Waals surface area (Å²) in [6, 6.07) is 32.7. The molecule has 1 heterocycles. The van der Waals surface area contributed by atoms with Gasteiger partial charge in [0.25, 0.3) is 0 Å². The Morgan fingerprint density at radius 3 is 2.41 bits per heavy atom. The van der Waals surface area contributed by atoms with E-state index in [0.29, 0.717) is 13.0 Å². The molecule has 0 bridgehead atoms. The van der Waals surface area contributed by atoms with E-state index in [1.165, 1.54) is 16.3 Å². The quantitative estimate of drug-likeness (QED) is 0.386. The first kappa shape index (κ1) is 20.0. The Balaban J connectivity index is 1.44. The summed E-state index contributed by atoms with van der Waals surface area (Å²) in [5.74, 6) is 0.855. The SMILES string of the molecule is CC(NC(=O)Cc1ccccc1)c1nc2ccccc2n1Cc1ccc2ccccc2c1. The maximum Gasteiger partial charge on any atom is 0.224 e. The summed E-state index contributed by atoms with van der Waals surface area (Å²) in [7, 11) is 0. The van der Waals surface area contributed by atoms with Crippen molar-refractivity contribution in [2.24, 2.45) is 0 Å². The van der Waals surface area contributed by atoms with Crippen molar-refractivity contribution in [2.75, 3.05) is 0 Å². The molecule has 0 aliphatic rings. The van der Waals surface area contributed by atoms with Crippen LogP contribution in [0.15, 0.2) is 97.1 Å². The lowest BCUT2D eigenvalue weighted by Gasteiger charge is -2.17. The van der Waals surface area contributed by atoms with Crippen LogP contribution in [0.3, 0.4) is 0 Å². The number of nitrogens with one attached hydrogen (secondary N) is 1. The van der Waals surface area contributed by atoms with Crippen molar-refractivity contribution in [3.05, 3.63) is 114 Å². The average molecular weight is 420 g/mol. The number of imidazole rings is 1. The molecule has 0 spiro atoms. The molecule has 0 fully saturated rings. The smallest absolute Gasteiger partial charge is 0.224 e. The van der Waals surface area contributed by atoms with Crippen LogP contribution in [0, 0.1) is 0 Å². The minimum Gasteiger partial charge on any atom is -0.346 e. The Morgan fingerprint density at radius 2 is 1.56 bits per heavy atom. The monoisotopic (exact) mass is 419 g/mol. The van der Waals surface area contributed by atoms with Crippen LogP contribution in [-0.4, -0.2) is 15.5 Å². The summed E-state index contributed by atoms with van der Waals surface area (Å²) in [5.41, 5.74) is 4.21. The Hall–Kier alpha value is -3.92. The van der Waals surface area contributed by atoms with Gasteiger partial charge in [0.2, 0.25) is 5.91 Å². The summed E-state index contributed by atoms with van der Waals surface area (Å²) in [4.78, 5) is 17.6. The highest BCUT2D eigenvalue weighted by molar-refractivity contribution is 5.83. The highest BCUT2D eigenvalue weighted by Crippen LogP contribution is 2.24. The molecule has 1 aromatic heterocycles. The Labute approximate surface area is 187 Å². The molecule has 0 aliphatic carbocycles. The third-order valence-electron chi connectivity index (χ3n) is 5.81. The third-order valence-corrected chi connectivity index (χ3v) is 5.81. The van der Waals surface area contributed by atoms with Crippen molar-refractivity contribution < 1.29 is 4.79 Å². The normalized spacial score (nSPS) is 12.2. The number of fused-ring (bicyclic) bond motifs is 2. The van der Waals surface area contributed by atoms with Crippen LogP contribution in [0.5, 0.6) is 0 Å². The van der Waals surface area contributed by atoms with E-state index >= 15 is 0 Å². The Kier molecular flexibility index (Phi) is 5.42. The fourth-order valence-electron chi connectivity index (χ4n) is 4.25. The molecule has 0 saturated carbocycles. The number of aromatic nitrogens is 2. The molecule has 5 rings (SSSR count). The Morgan fingerprint density at radius 1 is 0.844 bits per heavy atom. The molecule has 4 heteroatoms. The van der Waals surface area contributed by atoms with Crippen LogP contribution in [0.25, 0.3) is 21.8 Å². The van der Waals surface area contributed by atoms with E-state index in [1.54, 1.807) is 0 Å². The van der Waals surface area contributed by atoms with Gasteiger partial charge in [-0.05, 0) is 47.0 Å². The number of nitrogens with zero attached hydrogens (tertiary/aromatic N) is 2. The minimum absolute atomic E-state index is 0.00647. The van der Waals surface area contributed by atoms with Crippen molar-refractivity contribution in [3.8, 4) is 0 Å². The van der Waals surface area contributed by atoms with Gasteiger partial charge in [0, 0.05) is 6.54 Å². The van der Waals surface area contributed by atoms with Crippen LogP contribution >= 0.6 is 0 Å². The van der Waals surface area contributed by atoms with Gasteiger partial charge in [-0.25, -0.2) is 4.98 Å². The number of para-hydroxylation sites is 2. The third kappa shape index (κ3) is 4.12. The van der Waals surface area contributed by atoms with E-state index in [-0.39, 0.29) is 11.9 Å². The highest BCUT2D eigenvalue weighted by atomic mass is 16.1. The maximum atomic E-state index is 12.7. The summed E-state index contributed by atoms with van der Waals surface area (Å²) in [6.45, 7) is 2.70. The van der Waals surface area contributed by atoms with Gasteiger partial charge >= 0.3 is 0 Å². The van der Waals surface area contributed by atoms with Crippen LogP contribution in [0.1, 0.15) is 29.9 Å². The first-order valence-corrected chi connectivity index (χ1v) is 10.9. The van der Waals surface area contributed by atoms with Gasteiger partial charge in [0.1, 0.15) is 5.82 Å². The predicted octanol–water partition coefficient (Wildman–Crippen LogP) is 5.66. The fraction of sp³-hybridized carbons (Fsp3) is 0.143. The van der Waals surface area contributed by atoms with Crippen LogP contribution < -0.4 is 5.32 Å². The van der Waals surface area contributed by atoms with Gasteiger partial charge in [-0.2, -0.15) is 0 Å². The maximum absolute atomic E-state index is 12.7. The molecule has 1 N–H and O–H groups in total. The second-order valence-corrected chi connectivity index (χ2v) is 8.18. The minimum atomic E-state index is -0.209. The zero-order valence-corrected chi connectivity index (χ0v) is 18.0. The molecule has 0 aliphatic heterocycles. The van der Waals surface area contributed by atoms with Crippen molar-refractivity contribution in [3.63, 3.8) is 0 Å². The van der Waals surface area contributed by atoms with E-state index in [1.807, 2.05) is 55.5 Å². The molecule has 1 atom stereocenters. The second kappa shape index (κ2) is 8.67. The highest BCUT2D eigenvalue weighted by Gasteiger charge is 2.19. The lowest BCUT2D eigenvalue weighted by molar-refractivity contribution is -0.121. The summed E-state index contributed by atoms with van der Waals surface area (Å²) in [5, 5.41) is 5.59. The van der Waals surface area contributed by atoms with Crippen LogP contribution in [0.2, 0.25) is 0 Å². The van der Waals surface area contributed by atoms with Crippen molar-refractivity contribution in [1.82, 2.24) is 14.9 Å². The van der Waals surface area contributed by atoms with Gasteiger partial charge in [-0.3, -0.25) is 4.79 Å². The predicted molar refractivity (Wildman–Crippen MR) is 129 cm³/mol. The van der Waals surface area contributed by atoms with Gasteiger partial charge in [-0.1, -0.05) is 78.9 Å². The van der Waals surface area contributed by atoms with E-state index in [9.17, 15) is 4.79 Å². The topological polar surface area (TPSA) is 46.9 Å². The number of amides is 1. The van der Waals surface area contributed by atoms with E-state index in [2.05, 4.69) is 58.4 Å². The molecule has 1 amide bonds. The van der Waals surface area contributed by atoms with Crippen molar-refractivity contribution in [1.29, 1.82) is 0 Å². The molecule has 4 nitrogen and oxygen atoms in total. The van der Waals surface area contributed by atoms with Crippen molar-refractivity contribution >= 4 is 27.7 Å². The lowest BCUT2D eigenvalue weighted by atomic mass is 10.1. The molecule has 158 valence electrons. The molecule has 1 unspecified atom stereocenters. The fourth-order valence-corrected chi connectivity index (χ4v) is 4.25. The molecular formula is C28H25N3O. The summed E-state index contributed by atoms with van der Waals surface area (Å²) >= 11 is 0. The number of carbonyl (C=O) groups excluding carboxylic acids is 1. The molecular weight excluding hydrogens is 394 g/mol. The first-order valence-electron chi connectivity index (χ1n) is 10.9. The number of carbonyl (C=O) groups is 1. The van der Waals surface area contributed by atoms with Crippen LogP contribution in [-0.2, 0) is 17.8 Å². The molecule has 0 radical (unpaired) electrons. The number of rotatable bonds is 6. The zero-order valence-electron chi connectivity index (χ0n) is 18.0. The number of hydrogen-bond acceptors (Lipinski definition) is 2. The van der Waals surface area contributed by atoms with Gasteiger partial charge in [0.05, 0.1) is 23.5 Å². The lowest BCUT2D eigenvalue weighted by Crippen LogP contribution is -2.30. The van der Waals surface area contributed by atoms with Gasteiger partial charge < -0.3 is 9.88 Å². The van der Waals surface area contributed by atoms with Crippen LogP contribution in [0.4, 0.5) is 0 Å². The zero-order chi connectivity index (χ0) is 21.9. The Bertz CT molecular complexity index is 1390. The molecule has 4 aromatic carbocycles. The standard InChI is InChI=1S/C28H25N3O/c1-20(29-27(32)18-21-9-3-2-4-10-21)28-30-25-13-7-8-14-26(25)31(28)19-22-15-16-23-11-5-6-12-24(23)17-22/h2-17,20H,18-19H2,1H3,(H,29,32). The summed E-state index contributed by atoms with van der Waals surface area (Å²) in [6.07, 6.45) is 0.357. The molecule has 0 saturated heterocycles. The molecule has 5 aromatic rings. The largest absolute Gasteiger partial charge is 0.346 e. The van der Waals surface area contributed by atoms with E-state index in [0.717, 1.165) is 22.4 Å². The second-order valence-electron chi connectivity index (χ2n) is 8.18. The van der Waals surface area contributed by atoms with Gasteiger partial charge in [-0.15, -0.1) is 0 Å².